The van der Waals surface area contributed by atoms with Gasteiger partial charge in [-0.2, -0.15) is 0 Å². The fourth-order valence-corrected chi connectivity index (χ4v) is 7.25. The van der Waals surface area contributed by atoms with Crippen molar-refractivity contribution in [1.29, 1.82) is 0 Å². The number of aliphatic hydroxyl groups excluding tert-OH is 1. The molecule has 0 unspecified atom stereocenters. The lowest BCUT2D eigenvalue weighted by atomic mass is 10.1. The SMILES string of the molecule is NC(=O)c1cc(S(=O)(=O)c2ccc(CCN(Cc3ccccc3)C[C@H](O)c3cccc(OCc4ccccc4)c3)cc2)ccc1OCc1ccccc1. The number of carbonyl (C=O) groups excluding carboxylic acids is 1. The van der Waals surface area contributed by atoms with Crippen LogP contribution in [0.4, 0.5) is 0 Å². The summed E-state index contributed by atoms with van der Waals surface area (Å²) in [6, 6.07) is 47.9. The molecule has 3 N–H and O–H groups in total. The number of benzene rings is 6. The number of primary amides is 1. The van der Waals surface area contributed by atoms with Gasteiger partial charge in [-0.1, -0.05) is 115 Å². The van der Waals surface area contributed by atoms with Crippen LogP contribution in [-0.2, 0) is 36.0 Å². The highest BCUT2D eigenvalue weighted by Crippen LogP contribution is 2.28. The number of nitrogens with two attached hydrogens (primary N) is 1. The molecule has 0 radical (unpaired) electrons. The number of carbonyl (C=O) groups is 1. The van der Waals surface area contributed by atoms with Gasteiger partial charge in [-0.05, 0) is 76.7 Å². The third-order valence-electron chi connectivity index (χ3n) is 8.89. The van der Waals surface area contributed by atoms with Crippen LogP contribution in [0.3, 0.4) is 0 Å². The fraction of sp³-hybridized carbons (Fsp3) is 0.159. The van der Waals surface area contributed by atoms with E-state index in [1.807, 2.05) is 103 Å². The maximum absolute atomic E-state index is 13.6. The average molecular weight is 727 g/mol. The molecule has 1 amide bonds. The first-order chi connectivity index (χ1) is 25.7. The van der Waals surface area contributed by atoms with Crippen molar-refractivity contribution in [2.75, 3.05) is 13.1 Å². The molecule has 0 saturated heterocycles. The van der Waals surface area contributed by atoms with E-state index in [2.05, 4.69) is 17.0 Å². The Morgan fingerprint density at radius 1 is 0.642 bits per heavy atom. The van der Waals surface area contributed by atoms with Gasteiger partial charge in [0.1, 0.15) is 24.7 Å². The van der Waals surface area contributed by atoms with Gasteiger partial charge in [-0.3, -0.25) is 9.69 Å². The molecule has 0 saturated carbocycles. The highest BCUT2D eigenvalue weighted by molar-refractivity contribution is 7.91. The number of rotatable bonds is 17. The van der Waals surface area contributed by atoms with Crippen molar-refractivity contribution in [3.63, 3.8) is 0 Å². The van der Waals surface area contributed by atoms with Gasteiger partial charge in [-0.15, -0.1) is 0 Å². The smallest absolute Gasteiger partial charge is 0.252 e. The monoisotopic (exact) mass is 726 g/mol. The van der Waals surface area contributed by atoms with Crippen molar-refractivity contribution in [1.82, 2.24) is 4.90 Å². The maximum atomic E-state index is 13.6. The van der Waals surface area contributed by atoms with E-state index in [-0.39, 0.29) is 27.7 Å². The molecule has 8 nitrogen and oxygen atoms in total. The van der Waals surface area contributed by atoms with Crippen LogP contribution in [0.1, 0.15) is 44.3 Å². The quantitative estimate of drug-likeness (QED) is 0.0997. The van der Waals surface area contributed by atoms with Crippen LogP contribution in [0.15, 0.2) is 168 Å². The predicted octanol–water partition coefficient (Wildman–Crippen LogP) is 7.55. The highest BCUT2D eigenvalue weighted by atomic mass is 32.2. The summed E-state index contributed by atoms with van der Waals surface area (Å²) in [7, 11) is -3.95. The highest BCUT2D eigenvalue weighted by Gasteiger charge is 2.22. The first kappa shape index (κ1) is 37.0. The molecule has 6 aromatic rings. The molecule has 0 fully saturated rings. The molecule has 0 aliphatic rings. The zero-order chi connectivity index (χ0) is 37.0. The minimum absolute atomic E-state index is 0.00856. The number of aliphatic hydroxyl groups is 1. The molecule has 0 spiro atoms. The Hall–Kier alpha value is -5.74. The summed E-state index contributed by atoms with van der Waals surface area (Å²) in [6.07, 6.45) is -0.133. The molecule has 0 aliphatic heterocycles. The van der Waals surface area contributed by atoms with Crippen molar-refractivity contribution in [2.24, 2.45) is 5.73 Å². The third kappa shape index (κ3) is 10.2. The Morgan fingerprint density at radius 3 is 1.85 bits per heavy atom. The second-order valence-corrected chi connectivity index (χ2v) is 14.7. The van der Waals surface area contributed by atoms with Gasteiger partial charge in [0.15, 0.2) is 0 Å². The van der Waals surface area contributed by atoms with Crippen LogP contribution in [0, 0.1) is 0 Å². The second-order valence-electron chi connectivity index (χ2n) is 12.8. The number of hydrogen-bond donors (Lipinski definition) is 2. The van der Waals surface area contributed by atoms with Gasteiger partial charge in [0.2, 0.25) is 9.84 Å². The Bertz CT molecular complexity index is 2200. The molecule has 270 valence electrons. The van der Waals surface area contributed by atoms with Gasteiger partial charge in [0, 0.05) is 19.6 Å². The predicted molar refractivity (Wildman–Crippen MR) is 205 cm³/mol. The topological polar surface area (TPSA) is 119 Å². The van der Waals surface area contributed by atoms with Crippen molar-refractivity contribution < 1.29 is 27.8 Å². The summed E-state index contributed by atoms with van der Waals surface area (Å²) < 4.78 is 39.1. The van der Waals surface area contributed by atoms with Crippen molar-refractivity contribution in [3.8, 4) is 11.5 Å². The summed E-state index contributed by atoms with van der Waals surface area (Å²) >= 11 is 0. The molecule has 9 heteroatoms. The van der Waals surface area contributed by atoms with Crippen LogP contribution in [0.25, 0.3) is 0 Å². The fourth-order valence-electron chi connectivity index (χ4n) is 5.97. The lowest BCUT2D eigenvalue weighted by Crippen LogP contribution is -2.30. The molecule has 1 atom stereocenters. The Balaban J connectivity index is 1.12. The van der Waals surface area contributed by atoms with Gasteiger partial charge in [0.25, 0.3) is 5.91 Å². The average Bonchev–Trinajstić information content (AvgIpc) is 3.19. The van der Waals surface area contributed by atoms with Crippen LogP contribution in [0.5, 0.6) is 11.5 Å². The van der Waals surface area contributed by atoms with E-state index in [1.54, 1.807) is 24.3 Å². The summed E-state index contributed by atoms with van der Waals surface area (Å²) in [6.45, 7) is 2.27. The van der Waals surface area contributed by atoms with Crippen LogP contribution in [-0.4, -0.2) is 37.4 Å². The number of sulfone groups is 1. The molecule has 0 aromatic heterocycles. The Kier molecular flexibility index (Phi) is 12.3. The summed E-state index contributed by atoms with van der Waals surface area (Å²) in [5, 5.41) is 11.4. The molecular formula is C44H42N2O6S. The molecule has 0 bridgehead atoms. The van der Waals surface area contributed by atoms with Crippen LogP contribution in [0.2, 0.25) is 0 Å². The number of amides is 1. The minimum atomic E-state index is -3.95. The third-order valence-corrected chi connectivity index (χ3v) is 10.7. The van der Waals surface area contributed by atoms with E-state index in [0.29, 0.717) is 38.4 Å². The van der Waals surface area contributed by atoms with Gasteiger partial charge < -0.3 is 20.3 Å². The van der Waals surface area contributed by atoms with E-state index in [4.69, 9.17) is 15.2 Å². The number of ether oxygens (including phenoxy) is 2. The van der Waals surface area contributed by atoms with Crippen molar-refractivity contribution >= 4 is 15.7 Å². The first-order valence-electron chi connectivity index (χ1n) is 17.4. The lowest BCUT2D eigenvalue weighted by Gasteiger charge is -2.26. The second kappa shape index (κ2) is 17.7. The maximum Gasteiger partial charge on any atom is 0.252 e. The summed E-state index contributed by atoms with van der Waals surface area (Å²) in [4.78, 5) is 14.5. The van der Waals surface area contributed by atoms with Crippen molar-refractivity contribution in [3.05, 3.63) is 191 Å². The first-order valence-corrected chi connectivity index (χ1v) is 18.9. The molecule has 0 aliphatic carbocycles. The Labute approximate surface area is 311 Å². The summed E-state index contributed by atoms with van der Waals surface area (Å²) in [5.74, 6) is 0.118. The van der Waals surface area contributed by atoms with E-state index >= 15 is 0 Å². The van der Waals surface area contributed by atoms with E-state index in [9.17, 15) is 18.3 Å². The van der Waals surface area contributed by atoms with E-state index < -0.39 is 21.8 Å². The summed E-state index contributed by atoms with van der Waals surface area (Å²) in [5.41, 5.74) is 10.4. The molecule has 0 heterocycles. The van der Waals surface area contributed by atoms with Gasteiger partial charge >= 0.3 is 0 Å². The van der Waals surface area contributed by atoms with Gasteiger partial charge in [-0.25, -0.2) is 8.42 Å². The largest absolute Gasteiger partial charge is 0.489 e. The normalized spacial score (nSPS) is 12.0. The Morgan fingerprint density at radius 2 is 1.23 bits per heavy atom. The van der Waals surface area contributed by atoms with E-state index in [1.165, 1.54) is 18.2 Å². The van der Waals surface area contributed by atoms with Crippen LogP contribution < -0.4 is 15.2 Å². The lowest BCUT2D eigenvalue weighted by molar-refractivity contribution is 0.0995. The van der Waals surface area contributed by atoms with E-state index in [0.717, 1.165) is 27.8 Å². The number of nitrogens with zero attached hydrogens (tertiary/aromatic N) is 1. The minimum Gasteiger partial charge on any atom is -0.489 e. The zero-order valence-electron chi connectivity index (χ0n) is 29.3. The zero-order valence-corrected chi connectivity index (χ0v) is 30.1. The molecule has 6 aromatic carbocycles. The number of hydrogen-bond acceptors (Lipinski definition) is 7. The van der Waals surface area contributed by atoms with Crippen molar-refractivity contribution in [2.45, 2.75) is 42.1 Å². The standard InChI is InChI=1S/C44H42N2O6S/c45-44(48)41-28-40(23-24-43(41)52-32-36-15-8-3-9-16-36)53(49,50)39-21-19-33(20-22-39)25-26-46(29-34-11-4-1-5-12-34)30-42(47)37-17-10-18-38(27-37)51-31-35-13-6-2-7-14-35/h1-24,27-28,42,47H,25-26,29-32H2,(H2,45,48)/t42-/m0/s1. The molecule has 53 heavy (non-hydrogen) atoms. The molecule has 6 rings (SSSR count). The molecular weight excluding hydrogens is 685 g/mol. The van der Waals surface area contributed by atoms with Crippen LogP contribution >= 0.6 is 0 Å². The van der Waals surface area contributed by atoms with Gasteiger partial charge in [0.05, 0.1) is 21.5 Å².